The third-order valence-corrected chi connectivity index (χ3v) is 4.45. The molecule has 0 aliphatic carbocycles. The monoisotopic (exact) mass is 329 g/mol. The van der Waals surface area contributed by atoms with E-state index in [2.05, 4.69) is 45.6 Å². The summed E-state index contributed by atoms with van der Waals surface area (Å²) in [6, 6.07) is 14.2. The largest absolute Gasteiger partial charge is 0.398 e. The van der Waals surface area contributed by atoms with Crippen molar-refractivity contribution in [1.29, 1.82) is 0 Å². The molecule has 0 fully saturated rings. The standard InChI is InChI=1S/C16H16BrN3/c1-2-15-19-13-8-3-4-9-14(13)20(15)10-11-6-5-7-12(18)16(11)17/h3-9H,2,10,18H2,1H3. The Balaban J connectivity index is 2.12. The Morgan fingerprint density at radius 3 is 2.75 bits per heavy atom. The molecular formula is C16H16BrN3. The van der Waals surface area contributed by atoms with Gasteiger partial charge in [-0.25, -0.2) is 4.98 Å². The van der Waals surface area contributed by atoms with Crippen molar-refractivity contribution in [2.24, 2.45) is 0 Å². The maximum Gasteiger partial charge on any atom is 0.109 e. The molecule has 20 heavy (non-hydrogen) atoms. The fraction of sp³-hybridized carbons (Fsp3) is 0.188. The third-order valence-electron chi connectivity index (χ3n) is 3.49. The first-order chi connectivity index (χ1) is 9.70. The normalized spacial score (nSPS) is 11.1. The molecule has 1 aromatic heterocycles. The van der Waals surface area contributed by atoms with Gasteiger partial charge in [0.2, 0.25) is 0 Å². The molecule has 102 valence electrons. The topological polar surface area (TPSA) is 43.8 Å². The van der Waals surface area contributed by atoms with Gasteiger partial charge in [0.25, 0.3) is 0 Å². The molecule has 3 nitrogen and oxygen atoms in total. The van der Waals surface area contributed by atoms with Gasteiger partial charge in [0.05, 0.1) is 17.6 Å². The number of nitrogen functional groups attached to an aromatic ring is 1. The Bertz CT molecular complexity index is 762. The number of aryl methyl sites for hydroxylation is 1. The van der Waals surface area contributed by atoms with Crippen molar-refractivity contribution in [1.82, 2.24) is 9.55 Å². The van der Waals surface area contributed by atoms with E-state index in [-0.39, 0.29) is 0 Å². The van der Waals surface area contributed by atoms with Crippen molar-refractivity contribution in [2.75, 3.05) is 5.73 Å². The van der Waals surface area contributed by atoms with Crippen molar-refractivity contribution in [3.8, 4) is 0 Å². The molecule has 0 spiro atoms. The number of anilines is 1. The van der Waals surface area contributed by atoms with Crippen molar-refractivity contribution >= 4 is 32.7 Å². The summed E-state index contributed by atoms with van der Waals surface area (Å²) < 4.78 is 3.23. The van der Waals surface area contributed by atoms with Crippen molar-refractivity contribution < 1.29 is 0 Å². The lowest BCUT2D eigenvalue weighted by Gasteiger charge is -2.11. The average Bonchev–Trinajstić information content (AvgIpc) is 2.82. The van der Waals surface area contributed by atoms with Crippen molar-refractivity contribution in [3.05, 3.63) is 58.3 Å². The Morgan fingerprint density at radius 2 is 1.95 bits per heavy atom. The van der Waals surface area contributed by atoms with Gasteiger partial charge in [-0.1, -0.05) is 31.2 Å². The number of fused-ring (bicyclic) bond motifs is 1. The Kier molecular flexibility index (Phi) is 3.49. The lowest BCUT2D eigenvalue weighted by molar-refractivity contribution is 0.751. The number of benzene rings is 2. The van der Waals surface area contributed by atoms with Gasteiger partial charge in [-0.3, -0.25) is 0 Å². The number of imidazole rings is 1. The summed E-state index contributed by atoms with van der Waals surface area (Å²) >= 11 is 3.58. The Morgan fingerprint density at radius 1 is 1.15 bits per heavy atom. The van der Waals surface area contributed by atoms with E-state index in [1.165, 1.54) is 11.1 Å². The van der Waals surface area contributed by atoms with E-state index in [9.17, 15) is 0 Å². The fourth-order valence-corrected chi connectivity index (χ4v) is 2.85. The molecule has 0 radical (unpaired) electrons. The average molecular weight is 330 g/mol. The molecule has 0 aliphatic rings. The molecule has 1 heterocycles. The van der Waals surface area contributed by atoms with E-state index in [1.807, 2.05) is 24.3 Å². The minimum Gasteiger partial charge on any atom is -0.398 e. The number of hydrogen-bond acceptors (Lipinski definition) is 2. The lowest BCUT2D eigenvalue weighted by atomic mass is 10.2. The highest BCUT2D eigenvalue weighted by Crippen LogP contribution is 2.26. The van der Waals surface area contributed by atoms with Crippen LogP contribution in [-0.4, -0.2) is 9.55 Å². The van der Waals surface area contributed by atoms with Crippen LogP contribution in [0.15, 0.2) is 46.9 Å². The zero-order chi connectivity index (χ0) is 14.1. The number of hydrogen-bond donors (Lipinski definition) is 1. The van der Waals surface area contributed by atoms with Crippen LogP contribution in [0.5, 0.6) is 0 Å². The molecule has 4 heteroatoms. The second kappa shape index (κ2) is 5.29. The fourth-order valence-electron chi connectivity index (χ4n) is 2.46. The highest BCUT2D eigenvalue weighted by Gasteiger charge is 2.11. The van der Waals surface area contributed by atoms with E-state index in [0.717, 1.165) is 34.5 Å². The minimum atomic E-state index is 0.768. The highest BCUT2D eigenvalue weighted by molar-refractivity contribution is 9.10. The number of aromatic nitrogens is 2. The second-order valence-electron chi connectivity index (χ2n) is 4.78. The van der Waals surface area contributed by atoms with Crippen LogP contribution in [0, 0.1) is 0 Å². The van der Waals surface area contributed by atoms with Gasteiger partial charge in [-0.05, 0) is 39.7 Å². The van der Waals surface area contributed by atoms with Crippen molar-refractivity contribution in [2.45, 2.75) is 19.9 Å². The van der Waals surface area contributed by atoms with Crippen LogP contribution in [0.1, 0.15) is 18.3 Å². The predicted octanol–water partition coefficient (Wildman–Crippen LogP) is 3.99. The van der Waals surface area contributed by atoms with Gasteiger partial charge < -0.3 is 10.3 Å². The molecule has 0 amide bonds. The van der Waals surface area contributed by atoms with Crippen LogP contribution >= 0.6 is 15.9 Å². The van der Waals surface area contributed by atoms with Crippen LogP contribution in [0.3, 0.4) is 0 Å². The zero-order valence-electron chi connectivity index (χ0n) is 11.3. The number of nitrogens with zero attached hydrogens (tertiary/aromatic N) is 2. The van der Waals surface area contributed by atoms with E-state index < -0.39 is 0 Å². The smallest absolute Gasteiger partial charge is 0.109 e. The first kappa shape index (κ1) is 13.2. The molecule has 0 saturated carbocycles. The molecule has 0 atom stereocenters. The summed E-state index contributed by atoms with van der Waals surface area (Å²) in [6.45, 7) is 2.90. The van der Waals surface area contributed by atoms with Gasteiger partial charge in [-0.2, -0.15) is 0 Å². The summed E-state index contributed by atoms with van der Waals surface area (Å²) in [7, 11) is 0. The maximum atomic E-state index is 5.96. The zero-order valence-corrected chi connectivity index (χ0v) is 12.9. The van der Waals surface area contributed by atoms with Gasteiger partial charge in [0, 0.05) is 16.6 Å². The number of para-hydroxylation sites is 2. The summed E-state index contributed by atoms with van der Waals surface area (Å²) in [5, 5.41) is 0. The number of halogens is 1. The predicted molar refractivity (Wildman–Crippen MR) is 86.8 cm³/mol. The van der Waals surface area contributed by atoms with Gasteiger partial charge in [-0.15, -0.1) is 0 Å². The highest BCUT2D eigenvalue weighted by atomic mass is 79.9. The second-order valence-corrected chi connectivity index (χ2v) is 5.57. The quantitative estimate of drug-likeness (QED) is 0.738. The van der Waals surface area contributed by atoms with E-state index in [1.54, 1.807) is 0 Å². The summed E-state index contributed by atoms with van der Waals surface area (Å²) in [4.78, 5) is 4.70. The maximum absolute atomic E-state index is 5.96. The summed E-state index contributed by atoms with van der Waals surface area (Å²) in [6.07, 6.45) is 0.911. The Hall–Kier alpha value is -1.81. The van der Waals surface area contributed by atoms with Crippen LogP contribution in [0.4, 0.5) is 5.69 Å². The molecule has 0 saturated heterocycles. The molecule has 0 unspecified atom stereocenters. The van der Waals surface area contributed by atoms with E-state index >= 15 is 0 Å². The van der Waals surface area contributed by atoms with Crippen LogP contribution in [-0.2, 0) is 13.0 Å². The first-order valence-corrected chi connectivity index (χ1v) is 7.47. The first-order valence-electron chi connectivity index (χ1n) is 6.67. The third kappa shape index (κ3) is 2.20. The van der Waals surface area contributed by atoms with Crippen LogP contribution in [0.25, 0.3) is 11.0 Å². The van der Waals surface area contributed by atoms with Crippen LogP contribution in [0.2, 0.25) is 0 Å². The summed E-state index contributed by atoms with van der Waals surface area (Å²) in [5.74, 6) is 1.10. The number of nitrogens with two attached hydrogens (primary N) is 1. The Labute approximate surface area is 126 Å². The molecule has 2 aromatic carbocycles. The number of rotatable bonds is 3. The summed E-state index contributed by atoms with van der Waals surface area (Å²) in [5.41, 5.74) is 10.1. The van der Waals surface area contributed by atoms with E-state index in [4.69, 9.17) is 10.7 Å². The molecule has 2 N–H and O–H groups in total. The molecule has 0 aliphatic heterocycles. The van der Waals surface area contributed by atoms with Gasteiger partial charge in [0.15, 0.2) is 0 Å². The van der Waals surface area contributed by atoms with Crippen LogP contribution < -0.4 is 5.73 Å². The van der Waals surface area contributed by atoms with Crippen molar-refractivity contribution in [3.63, 3.8) is 0 Å². The molecular weight excluding hydrogens is 314 g/mol. The van der Waals surface area contributed by atoms with Gasteiger partial charge >= 0.3 is 0 Å². The lowest BCUT2D eigenvalue weighted by Crippen LogP contribution is -2.05. The molecule has 3 aromatic rings. The molecule has 3 rings (SSSR count). The van der Waals surface area contributed by atoms with E-state index in [0.29, 0.717) is 0 Å². The SMILES string of the molecule is CCc1nc2ccccc2n1Cc1cccc(N)c1Br. The van der Waals surface area contributed by atoms with Gasteiger partial charge in [0.1, 0.15) is 5.82 Å². The minimum absolute atomic E-state index is 0.768. The molecule has 0 bridgehead atoms.